The smallest absolute Gasteiger partial charge is 0.0952 e. The van der Waals surface area contributed by atoms with E-state index in [-0.39, 0.29) is 11.5 Å². The molecular weight excluding hydrogens is 226 g/mol. The molecule has 1 heterocycles. The Balaban J connectivity index is 1.57. The summed E-state index contributed by atoms with van der Waals surface area (Å²) in [5, 5.41) is 12.7. The molecule has 1 unspecified atom stereocenters. The third kappa shape index (κ3) is 2.44. The van der Waals surface area contributed by atoms with Gasteiger partial charge in [-0.15, -0.1) is 0 Å². The molecule has 3 rings (SSSR count). The van der Waals surface area contributed by atoms with Crippen LogP contribution >= 0.6 is 0 Å². The van der Waals surface area contributed by atoms with Crippen LogP contribution in [0.3, 0.4) is 0 Å². The van der Waals surface area contributed by atoms with E-state index in [9.17, 15) is 5.11 Å². The van der Waals surface area contributed by atoms with E-state index < -0.39 is 0 Å². The summed E-state index contributed by atoms with van der Waals surface area (Å²) in [5.74, 6) is 0. The summed E-state index contributed by atoms with van der Waals surface area (Å²) < 4.78 is 5.85. The maximum Gasteiger partial charge on any atom is 0.0952 e. The summed E-state index contributed by atoms with van der Waals surface area (Å²) in [5.41, 5.74) is 2.91. The van der Waals surface area contributed by atoms with Crippen molar-refractivity contribution in [2.45, 2.75) is 25.4 Å². The Morgan fingerprint density at radius 1 is 1.33 bits per heavy atom. The van der Waals surface area contributed by atoms with Gasteiger partial charge in [-0.1, -0.05) is 24.3 Å². The largest absolute Gasteiger partial charge is 0.396 e. The van der Waals surface area contributed by atoms with Crippen LogP contribution in [0.2, 0.25) is 0 Å². The van der Waals surface area contributed by atoms with Crippen molar-refractivity contribution in [2.75, 3.05) is 26.3 Å². The van der Waals surface area contributed by atoms with E-state index in [0.717, 1.165) is 39.0 Å². The van der Waals surface area contributed by atoms with Crippen LogP contribution in [-0.2, 0) is 11.2 Å². The molecule has 0 bridgehead atoms. The van der Waals surface area contributed by atoms with Gasteiger partial charge in [0.15, 0.2) is 0 Å². The Morgan fingerprint density at radius 3 is 2.94 bits per heavy atom. The van der Waals surface area contributed by atoms with E-state index >= 15 is 0 Å². The van der Waals surface area contributed by atoms with E-state index in [4.69, 9.17) is 4.74 Å². The number of benzene rings is 1. The van der Waals surface area contributed by atoms with Gasteiger partial charge in [0.2, 0.25) is 0 Å². The normalized spacial score (nSPS) is 24.6. The summed E-state index contributed by atoms with van der Waals surface area (Å²) in [6, 6.07) is 8.54. The number of rotatable bonds is 5. The number of hydrogen-bond donors (Lipinski definition) is 2. The van der Waals surface area contributed by atoms with Gasteiger partial charge in [-0.25, -0.2) is 0 Å². The molecule has 3 nitrogen and oxygen atoms in total. The molecule has 0 spiro atoms. The average molecular weight is 247 g/mol. The SMILES string of the molecule is OCC1(CNCC2OCCc3ccccc32)CC1. The van der Waals surface area contributed by atoms with Gasteiger partial charge < -0.3 is 15.2 Å². The molecule has 0 aromatic heterocycles. The lowest BCUT2D eigenvalue weighted by Crippen LogP contribution is -2.32. The fourth-order valence-electron chi connectivity index (χ4n) is 2.68. The fourth-order valence-corrected chi connectivity index (χ4v) is 2.68. The van der Waals surface area contributed by atoms with Gasteiger partial charge >= 0.3 is 0 Å². The van der Waals surface area contributed by atoms with Crippen LogP contribution in [0.25, 0.3) is 0 Å². The number of aliphatic hydroxyl groups excluding tert-OH is 1. The van der Waals surface area contributed by atoms with E-state index in [1.54, 1.807) is 0 Å². The van der Waals surface area contributed by atoms with Crippen molar-refractivity contribution in [3.8, 4) is 0 Å². The zero-order valence-corrected chi connectivity index (χ0v) is 10.7. The van der Waals surface area contributed by atoms with Gasteiger partial charge in [0, 0.05) is 25.1 Å². The molecule has 0 amide bonds. The monoisotopic (exact) mass is 247 g/mol. The maximum atomic E-state index is 9.28. The fraction of sp³-hybridized carbons (Fsp3) is 0.600. The predicted molar refractivity (Wildman–Crippen MR) is 70.5 cm³/mol. The Kier molecular flexibility index (Phi) is 3.37. The summed E-state index contributed by atoms with van der Waals surface area (Å²) in [6.45, 7) is 2.88. The van der Waals surface area contributed by atoms with E-state index in [2.05, 4.69) is 29.6 Å². The van der Waals surface area contributed by atoms with Gasteiger partial charge in [-0.2, -0.15) is 0 Å². The van der Waals surface area contributed by atoms with Crippen LogP contribution in [-0.4, -0.2) is 31.4 Å². The molecule has 18 heavy (non-hydrogen) atoms. The van der Waals surface area contributed by atoms with Crippen molar-refractivity contribution >= 4 is 0 Å². The highest BCUT2D eigenvalue weighted by molar-refractivity contribution is 5.31. The topological polar surface area (TPSA) is 41.5 Å². The second-order valence-corrected chi connectivity index (χ2v) is 5.60. The quantitative estimate of drug-likeness (QED) is 0.831. The molecule has 3 heteroatoms. The Bertz CT molecular complexity index is 415. The van der Waals surface area contributed by atoms with E-state index in [0.29, 0.717) is 6.61 Å². The van der Waals surface area contributed by atoms with Crippen molar-refractivity contribution in [1.82, 2.24) is 5.32 Å². The van der Waals surface area contributed by atoms with Gasteiger partial charge in [0.25, 0.3) is 0 Å². The average Bonchev–Trinajstić information content (AvgIpc) is 3.20. The van der Waals surface area contributed by atoms with Crippen molar-refractivity contribution in [2.24, 2.45) is 5.41 Å². The first-order valence-corrected chi connectivity index (χ1v) is 6.84. The molecule has 1 saturated carbocycles. The summed E-state index contributed by atoms with van der Waals surface area (Å²) in [4.78, 5) is 0. The van der Waals surface area contributed by atoms with Crippen LogP contribution in [0.5, 0.6) is 0 Å². The Morgan fingerprint density at radius 2 is 2.17 bits per heavy atom. The lowest BCUT2D eigenvalue weighted by molar-refractivity contribution is 0.0410. The molecule has 98 valence electrons. The van der Waals surface area contributed by atoms with Gasteiger partial charge in [-0.05, 0) is 30.4 Å². The molecule has 0 radical (unpaired) electrons. The highest BCUT2D eigenvalue weighted by atomic mass is 16.5. The molecule has 1 fully saturated rings. The number of ether oxygens (including phenoxy) is 1. The minimum Gasteiger partial charge on any atom is -0.396 e. The molecular formula is C15H21NO2. The lowest BCUT2D eigenvalue weighted by atomic mass is 9.97. The summed E-state index contributed by atoms with van der Waals surface area (Å²) in [7, 11) is 0. The molecule has 1 aromatic carbocycles. The third-order valence-corrected chi connectivity index (χ3v) is 4.21. The van der Waals surface area contributed by atoms with Crippen LogP contribution in [0.15, 0.2) is 24.3 Å². The van der Waals surface area contributed by atoms with E-state index in [1.165, 1.54) is 11.1 Å². The van der Waals surface area contributed by atoms with Crippen LogP contribution in [0.4, 0.5) is 0 Å². The highest BCUT2D eigenvalue weighted by Crippen LogP contribution is 2.44. The maximum absolute atomic E-state index is 9.28. The van der Waals surface area contributed by atoms with Crippen LogP contribution in [0.1, 0.15) is 30.1 Å². The number of hydrogen-bond acceptors (Lipinski definition) is 3. The zero-order valence-electron chi connectivity index (χ0n) is 10.7. The second-order valence-electron chi connectivity index (χ2n) is 5.60. The first-order valence-electron chi connectivity index (χ1n) is 6.84. The Hall–Kier alpha value is -0.900. The molecule has 1 atom stereocenters. The predicted octanol–water partition coefficient (Wildman–Crippen LogP) is 1.66. The van der Waals surface area contributed by atoms with E-state index in [1.807, 2.05) is 0 Å². The number of nitrogens with one attached hydrogen (secondary N) is 1. The molecule has 1 aliphatic carbocycles. The standard InChI is InChI=1S/C15H21NO2/c17-11-15(6-7-15)10-16-9-14-13-4-2-1-3-12(13)5-8-18-14/h1-4,14,16-17H,5-11H2. The molecule has 1 aromatic rings. The minimum atomic E-state index is 0.171. The molecule has 2 N–H and O–H groups in total. The van der Waals surface area contributed by atoms with Gasteiger partial charge in [-0.3, -0.25) is 0 Å². The minimum absolute atomic E-state index is 0.171. The van der Waals surface area contributed by atoms with Gasteiger partial charge in [0.1, 0.15) is 0 Å². The first kappa shape index (κ1) is 12.2. The van der Waals surface area contributed by atoms with Crippen molar-refractivity contribution in [3.63, 3.8) is 0 Å². The molecule has 1 aliphatic heterocycles. The van der Waals surface area contributed by atoms with Crippen molar-refractivity contribution in [1.29, 1.82) is 0 Å². The lowest BCUT2D eigenvalue weighted by Gasteiger charge is -2.27. The molecule has 0 saturated heterocycles. The first-order chi connectivity index (χ1) is 8.83. The zero-order chi connectivity index (χ0) is 12.4. The Labute approximate surface area is 108 Å². The molecule has 2 aliphatic rings. The third-order valence-electron chi connectivity index (χ3n) is 4.21. The van der Waals surface area contributed by atoms with Crippen LogP contribution < -0.4 is 5.32 Å². The highest BCUT2D eigenvalue weighted by Gasteiger charge is 2.41. The second kappa shape index (κ2) is 5.00. The van der Waals surface area contributed by atoms with Crippen molar-refractivity contribution in [3.05, 3.63) is 35.4 Å². The van der Waals surface area contributed by atoms with Crippen LogP contribution in [0, 0.1) is 5.41 Å². The number of fused-ring (bicyclic) bond motifs is 1. The summed E-state index contributed by atoms with van der Waals surface area (Å²) in [6.07, 6.45) is 3.49. The summed E-state index contributed by atoms with van der Waals surface area (Å²) >= 11 is 0. The van der Waals surface area contributed by atoms with Gasteiger partial charge in [0.05, 0.1) is 12.7 Å². The van der Waals surface area contributed by atoms with Crippen molar-refractivity contribution < 1.29 is 9.84 Å². The number of aliphatic hydroxyl groups is 1.